The highest BCUT2D eigenvalue weighted by molar-refractivity contribution is 5.85. The van der Waals surface area contributed by atoms with Crippen LogP contribution >= 0.6 is 24.8 Å². The lowest BCUT2D eigenvalue weighted by molar-refractivity contribution is 0.590. The summed E-state index contributed by atoms with van der Waals surface area (Å²) in [6.07, 6.45) is 2.98. The van der Waals surface area contributed by atoms with Gasteiger partial charge in [0.25, 0.3) is 0 Å². The van der Waals surface area contributed by atoms with Crippen molar-refractivity contribution in [3.63, 3.8) is 0 Å². The molecule has 0 saturated carbocycles. The van der Waals surface area contributed by atoms with E-state index in [1.54, 1.807) is 6.07 Å². The Hall–Kier alpha value is -0.510. The SMILES string of the molecule is CCCC[C@H](N)c1cc(F)ccc1N.Cl.Cl. The van der Waals surface area contributed by atoms with Crippen molar-refractivity contribution in [2.75, 3.05) is 5.73 Å². The van der Waals surface area contributed by atoms with Gasteiger partial charge in [0.2, 0.25) is 0 Å². The Balaban J connectivity index is 0. The predicted molar refractivity (Wildman–Crippen MR) is 71.8 cm³/mol. The molecule has 0 heterocycles. The van der Waals surface area contributed by atoms with Gasteiger partial charge in [-0.05, 0) is 30.2 Å². The molecule has 0 radical (unpaired) electrons. The molecule has 16 heavy (non-hydrogen) atoms. The van der Waals surface area contributed by atoms with Crippen LogP contribution in [0.3, 0.4) is 0 Å². The Morgan fingerprint density at radius 1 is 1.31 bits per heavy atom. The number of halogens is 3. The Labute approximate surface area is 108 Å². The van der Waals surface area contributed by atoms with Gasteiger partial charge in [0.15, 0.2) is 0 Å². The van der Waals surface area contributed by atoms with Gasteiger partial charge in [0.05, 0.1) is 0 Å². The minimum Gasteiger partial charge on any atom is -0.398 e. The van der Waals surface area contributed by atoms with Crippen LogP contribution in [0.15, 0.2) is 18.2 Å². The van der Waals surface area contributed by atoms with E-state index < -0.39 is 0 Å². The van der Waals surface area contributed by atoms with Crippen molar-refractivity contribution < 1.29 is 4.39 Å². The smallest absolute Gasteiger partial charge is 0.123 e. The molecule has 0 aliphatic rings. The molecule has 1 rings (SSSR count). The van der Waals surface area contributed by atoms with Crippen LogP contribution in [0.5, 0.6) is 0 Å². The van der Waals surface area contributed by atoms with Crippen LogP contribution in [-0.4, -0.2) is 0 Å². The highest BCUT2D eigenvalue weighted by atomic mass is 35.5. The van der Waals surface area contributed by atoms with Crippen LogP contribution in [0.1, 0.15) is 37.8 Å². The highest BCUT2D eigenvalue weighted by Gasteiger charge is 2.09. The van der Waals surface area contributed by atoms with Crippen molar-refractivity contribution in [1.82, 2.24) is 0 Å². The van der Waals surface area contributed by atoms with Gasteiger partial charge in [0.1, 0.15) is 5.82 Å². The van der Waals surface area contributed by atoms with Gasteiger partial charge in [-0.1, -0.05) is 19.8 Å². The number of anilines is 1. The fourth-order valence-corrected chi connectivity index (χ4v) is 1.45. The molecule has 0 saturated heterocycles. The number of nitrogens with two attached hydrogens (primary N) is 2. The first-order chi connectivity index (χ1) is 6.65. The van der Waals surface area contributed by atoms with E-state index in [0.717, 1.165) is 24.8 Å². The van der Waals surface area contributed by atoms with E-state index in [9.17, 15) is 4.39 Å². The molecule has 2 nitrogen and oxygen atoms in total. The van der Waals surface area contributed by atoms with Gasteiger partial charge in [-0.3, -0.25) is 0 Å². The lowest BCUT2D eigenvalue weighted by Crippen LogP contribution is -2.12. The van der Waals surface area contributed by atoms with Crippen LogP contribution in [0, 0.1) is 5.82 Å². The molecule has 0 unspecified atom stereocenters. The lowest BCUT2D eigenvalue weighted by atomic mass is 10.0. The minimum absolute atomic E-state index is 0. The monoisotopic (exact) mass is 268 g/mol. The molecule has 1 aromatic rings. The van der Waals surface area contributed by atoms with Crippen LogP contribution in [0.2, 0.25) is 0 Å². The first kappa shape index (κ1) is 17.9. The quantitative estimate of drug-likeness (QED) is 0.822. The predicted octanol–water partition coefficient (Wildman–Crippen LogP) is 3.44. The normalized spacial score (nSPS) is 11.2. The molecule has 0 aliphatic carbocycles. The van der Waals surface area contributed by atoms with Gasteiger partial charge in [0, 0.05) is 11.7 Å². The Morgan fingerprint density at radius 3 is 2.50 bits per heavy atom. The molecule has 1 atom stereocenters. The average molecular weight is 269 g/mol. The van der Waals surface area contributed by atoms with Gasteiger partial charge in [-0.25, -0.2) is 4.39 Å². The summed E-state index contributed by atoms with van der Waals surface area (Å²) in [5.41, 5.74) is 12.9. The second kappa shape index (κ2) is 8.62. The van der Waals surface area contributed by atoms with E-state index in [1.165, 1.54) is 12.1 Å². The van der Waals surface area contributed by atoms with Gasteiger partial charge in [-0.15, -0.1) is 24.8 Å². The van der Waals surface area contributed by atoms with Gasteiger partial charge in [-0.2, -0.15) is 0 Å². The van der Waals surface area contributed by atoms with E-state index in [-0.39, 0.29) is 36.7 Å². The van der Waals surface area contributed by atoms with Crippen LogP contribution in [-0.2, 0) is 0 Å². The summed E-state index contributed by atoms with van der Waals surface area (Å²) >= 11 is 0. The maximum absolute atomic E-state index is 12.9. The number of hydrogen-bond acceptors (Lipinski definition) is 2. The topological polar surface area (TPSA) is 52.0 Å². The minimum atomic E-state index is -0.277. The number of hydrogen-bond donors (Lipinski definition) is 2. The van der Waals surface area contributed by atoms with Crippen LogP contribution in [0.25, 0.3) is 0 Å². The second-order valence-corrected chi connectivity index (χ2v) is 3.52. The van der Waals surface area contributed by atoms with E-state index in [4.69, 9.17) is 11.5 Å². The van der Waals surface area contributed by atoms with Crippen molar-refractivity contribution in [2.45, 2.75) is 32.2 Å². The zero-order valence-electron chi connectivity index (χ0n) is 9.28. The molecule has 4 N–H and O–H groups in total. The zero-order chi connectivity index (χ0) is 10.6. The summed E-state index contributed by atoms with van der Waals surface area (Å²) in [5.74, 6) is -0.277. The number of nitrogen functional groups attached to an aromatic ring is 1. The molecule has 94 valence electrons. The van der Waals surface area contributed by atoms with E-state index in [2.05, 4.69) is 6.92 Å². The molecule has 0 bridgehead atoms. The maximum Gasteiger partial charge on any atom is 0.123 e. The molecule has 0 fully saturated rings. The first-order valence-electron chi connectivity index (χ1n) is 4.95. The third kappa shape index (κ3) is 5.01. The zero-order valence-corrected chi connectivity index (χ0v) is 10.9. The molecular formula is C11H19Cl2FN2. The van der Waals surface area contributed by atoms with Crippen molar-refractivity contribution in [3.05, 3.63) is 29.6 Å². The standard InChI is InChI=1S/C11H17FN2.2ClH/c1-2-3-4-10(13)9-7-8(12)5-6-11(9)14;;/h5-7,10H,2-4,13-14H2,1H3;2*1H/t10-;;/m0../s1. The average Bonchev–Trinajstić information content (AvgIpc) is 2.18. The molecule has 0 aromatic heterocycles. The fraction of sp³-hybridized carbons (Fsp3) is 0.455. The van der Waals surface area contributed by atoms with Crippen LogP contribution < -0.4 is 11.5 Å². The van der Waals surface area contributed by atoms with Gasteiger partial charge < -0.3 is 11.5 Å². The van der Waals surface area contributed by atoms with Crippen LogP contribution in [0.4, 0.5) is 10.1 Å². The van der Waals surface area contributed by atoms with Crippen molar-refractivity contribution >= 4 is 30.5 Å². The summed E-state index contributed by atoms with van der Waals surface area (Å²) in [4.78, 5) is 0. The fourth-order valence-electron chi connectivity index (χ4n) is 1.45. The Bertz CT molecular complexity index is 308. The highest BCUT2D eigenvalue weighted by Crippen LogP contribution is 2.23. The largest absolute Gasteiger partial charge is 0.398 e. The molecule has 0 aliphatic heterocycles. The number of rotatable bonds is 4. The molecule has 1 aromatic carbocycles. The summed E-state index contributed by atoms with van der Waals surface area (Å²) in [7, 11) is 0. The Morgan fingerprint density at radius 2 is 1.94 bits per heavy atom. The molecule has 0 spiro atoms. The summed E-state index contributed by atoms with van der Waals surface area (Å²) in [6, 6.07) is 4.20. The summed E-state index contributed by atoms with van der Waals surface area (Å²) in [5, 5.41) is 0. The van der Waals surface area contributed by atoms with Crippen molar-refractivity contribution in [1.29, 1.82) is 0 Å². The number of unbranched alkanes of at least 4 members (excludes halogenated alkanes) is 1. The lowest BCUT2D eigenvalue weighted by Gasteiger charge is -2.13. The van der Waals surface area contributed by atoms with E-state index in [0.29, 0.717) is 5.69 Å². The summed E-state index contributed by atoms with van der Waals surface area (Å²) in [6.45, 7) is 2.10. The van der Waals surface area contributed by atoms with E-state index >= 15 is 0 Å². The first-order valence-corrected chi connectivity index (χ1v) is 4.95. The van der Waals surface area contributed by atoms with Crippen molar-refractivity contribution in [3.8, 4) is 0 Å². The van der Waals surface area contributed by atoms with Gasteiger partial charge >= 0.3 is 0 Å². The van der Waals surface area contributed by atoms with E-state index in [1.807, 2.05) is 0 Å². The maximum atomic E-state index is 12.9. The molecule has 5 heteroatoms. The van der Waals surface area contributed by atoms with Crippen molar-refractivity contribution in [2.24, 2.45) is 5.73 Å². The third-order valence-corrected chi connectivity index (χ3v) is 2.32. The summed E-state index contributed by atoms with van der Waals surface area (Å²) < 4.78 is 12.9. The third-order valence-electron chi connectivity index (χ3n) is 2.32. The Kier molecular flexibility index (Phi) is 9.63. The number of benzene rings is 1. The molecular weight excluding hydrogens is 250 g/mol. The second-order valence-electron chi connectivity index (χ2n) is 3.52. The molecule has 0 amide bonds.